The van der Waals surface area contributed by atoms with E-state index in [0.29, 0.717) is 0 Å². The standard InChI is InChI=1S/C26H34O4/c1-2-3-4-5-6-7-8-9-10-11-12-13-14-15-16-17-18-19-23(28)26-24(29)20-22(27)21-25(26)30/h10-21,27,29-30H,2-9H2,1H3. The quantitative estimate of drug-likeness (QED) is 0.135. The van der Waals surface area contributed by atoms with E-state index in [2.05, 4.69) is 19.1 Å². The molecule has 1 aromatic carbocycles. The first-order valence-corrected chi connectivity index (χ1v) is 10.7. The third-order valence-corrected chi connectivity index (χ3v) is 4.46. The van der Waals surface area contributed by atoms with Gasteiger partial charge in [-0.15, -0.1) is 0 Å². The maximum atomic E-state index is 12.0. The largest absolute Gasteiger partial charge is 0.508 e. The third-order valence-electron chi connectivity index (χ3n) is 4.46. The molecule has 3 N–H and O–H groups in total. The molecule has 0 unspecified atom stereocenters. The average molecular weight is 411 g/mol. The first-order valence-electron chi connectivity index (χ1n) is 10.7. The SMILES string of the molecule is CCCCCCCCCC=CC=CC=CC=CC=CC(=O)c1c(O)cc(O)cc1O. The molecule has 0 fully saturated rings. The third kappa shape index (κ3) is 11.1. The predicted octanol–water partition coefficient (Wildman–Crippen LogP) is 6.91. The molecule has 0 amide bonds. The summed E-state index contributed by atoms with van der Waals surface area (Å²) in [6.07, 6.45) is 28.5. The zero-order valence-electron chi connectivity index (χ0n) is 17.8. The molecule has 0 radical (unpaired) electrons. The van der Waals surface area contributed by atoms with E-state index in [-0.39, 0.29) is 11.3 Å². The van der Waals surface area contributed by atoms with E-state index in [9.17, 15) is 20.1 Å². The van der Waals surface area contributed by atoms with Crippen LogP contribution in [0.2, 0.25) is 0 Å². The zero-order chi connectivity index (χ0) is 22.0. The highest BCUT2D eigenvalue weighted by Crippen LogP contribution is 2.32. The van der Waals surface area contributed by atoms with Gasteiger partial charge in [0.1, 0.15) is 22.8 Å². The molecule has 0 atom stereocenters. The van der Waals surface area contributed by atoms with Crippen molar-refractivity contribution >= 4 is 5.78 Å². The Bertz CT molecular complexity index is 759. The number of phenols is 3. The Balaban J connectivity index is 2.24. The molecule has 0 spiro atoms. The lowest BCUT2D eigenvalue weighted by molar-refractivity contribution is 0.104. The van der Waals surface area contributed by atoms with Gasteiger partial charge in [0.05, 0.1) is 0 Å². The molecule has 0 aromatic heterocycles. The maximum absolute atomic E-state index is 12.0. The highest BCUT2D eigenvalue weighted by Gasteiger charge is 2.15. The van der Waals surface area contributed by atoms with E-state index < -0.39 is 17.3 Å². The van der Waals surface area contributed by atoms with Crippen molar-refractivity contribution in [2.75, 3.05) is 0 Å². The van der Waals surface area contributed by atoms with Crippen molar-refractivity contribution in [2.45, 2.75) is 58.3 Å². The molecule has 1 aromatic rings. The number of benzene rings is 1. The number of unbranched alkanes of at least 4 members (excludes halogenated alkanes) is 7. The molecule has 0 aliphatic carbocycles. The molecule has 4 nitrogen and oxygen atoms in total. The number of allylic oxidation sites excluding steroid dienone is 10. The van der Waals surface area contributed by atoms with E-state index in [1.54, 1.807) is 12.2 Å². The summed E-state index contributed by atoms with van der Waals surface area (Å²) in [5, 5.41) is 28.6. The van der Waals surface area contributed by atoms with Gasteiger partial charge in [-0.25, -0.2) is 0 Å². The van der Waals surface area contributed by atoms with Crippen LogP contribution in [0, 0.1) is 0 Å². The second-order valence-electron chi connectivity index (χ2n) is 7.08. The van der Waals surface area contributed by atoms with E-state index in [1.807, 2.05) is 24.3 Å². The lowest BCUT2D eigenvalue weighted by atomic mass is 10.1. The fraction of sp³-hybridized carbons (Fsp3) is 0.346. The molecule has 1 rings (SSSR count). The topological polar surface area (TPSA) is 77.8 Å². The van der Waals surface area contributed by atoms with Crippen molar-refractivity contribution in [1.29, 1.82) is 0 Å². The van der Waals surface area contributed by atoms with Crippen LogP contribution in [-0.2, 0) is 0 Å². The summed E-state index contributed by atoms with van der Waals surface area (Å²) in [6.45, 7) is 2.24. The fourth-order valence-electron chi connectivity index (χ4n) is 2.86. The smallest absolute Gasteiger partial charge is 0.193 e. The number of hydrogen-bond donors (Lipinski definition) is 3. The lowest BCUT2D eigenvalue weighted by Gasteiger charge is -2.04. The Morgan fingerprint density at radius 3 is 1.83 bits per heavy atom. The van der Waals surface area contributed by atoms with Crippen LogP contribution in [0.3, 0.4) is 0 Å². The van der Waals surface area contributed by atoms with Gasteiger partial charge >= 0.3 is 0 Å². The zero-order valence-corrected chi connectivity index (χ0v) is 17.8. The molecule has 162 valence electrons. The summed E-state index contributed by atoms with van der Waals surface area (Å²) in [7, 11) is 0. The number of hydrogen-bond acceptors (Lipinski definition) is 4. The van der Waals surface area contributed by atoms with Crippen LogP contribution in [0.5, 0.6) is 17.2 Å². The van der Waals surface area contributed by atoms with Gasteiger partial charge in [0, 0.05) is 12.1 Å². The molecule has 30 heavy (non-hydrogen) atoms. The van der Waals surface area contributed by atoms with E-state index >= 15 is 0 Å². The molecule has 0 saturated heterocycles. The number of carbonyl (C=O) groups is 1. The van der Waals surface area contributed by atoms with Gasteiger partial charge in [-0.3, -0.25) is 4.79 Å². The van der Waals surface area contributed by atoms with E-state index in [4.69, 9.17) is 0 Å². The lowest BCUT2D eigenvalue weighted by Crippen LogP contribution is -1.95. The van der Waals surface area contributed by atoms with E-state index in [1.165, 1.54) is 57.1 Å². The Labute approximate surface area is 180 Å². The summed E-state index contributed by atoms with van der Waals surface area (Å²) in [5.41, 5.74) is -0.237. The van der Waals surface area contributed by atoms with Crippen molar-refractivity contribution in [1.82, 2.24) is 0 Å². The van der Waals surface area contributed by atoms with E-state index in [0.717, 1.165) is 18.6 Å². The highest BCUT2D eigenvalue weighted by atomic mass is 16.3. The van der Waals surface area contributed by atoms with Crippen molar-refractivity contribution < 1.29 is 20.1 Å². The van der Waals surface area contributed by atoms with Crippen molar-refractivity contribution in [3.63, 3.8) is 0 Å². The summed E-state index contributed by atoms with van der Waals surface area (Å²) >= 11 is 0. The van der Waals surface area contributed by atoms with Crippen LogP contribution >= 0.6 is 0 Å². The van der Waals surface area contributed by atoms with Gasteiger partial charge in [0.2, 0.25) is 0 Å². The number of carbonyl (C=O) groups excluding carboxylic acids is 1. The molecule has 0 aliphatic heterocycles. The van der Waals surface area contributed by atoms with Gasteiger partial charge in [-0.05, 0) is 18.9 Å². The minimum Gasteiger partial charge on any atom is -0.508 e. The fourth-order valence-corrected chi connectivity index (χ4v) is 2.86. The van der Waals surface area contributed by atoms with Crippen LogP contribution in [0.4, 0.5) is 0 Å². The van der Waals surface area contributed by atoms with Gasteiger partial charge in [-0.2, -0.15) is 0 Å². The minimum absolute atomic E-state index is 0.237. The summed E-state index contributed by atoms with van der Waals surface area (Å²) in [5.74, 6) is -1.78. The molecule has 0 bridgehead atoms. The maximum Gasteiger partial charge on any atom is 0.193 e. The first-order chi connectivity index (χ1) is 14.6. The second-order valence-corrected chi connectivity index (χ2v) is 7.08. The molecular formula is C26H34O4. The molecule has 0 aliphatic rings. The summed E-state index contributed by atoms with van der Waals surface area (Å²) < 4.78 is 0. The minimum atomic E-state index is -0.551. The number of ketones is 1. The van der Waals surface area contributed by atoms with Crippen molar-refractivity contribution in [3.8, 4) is 17.2 Å². The monoisotopic (exact) mass is 410 g/mol. The van der Waals surface area contributed by atoms with Crippen molar-refractivity contribution in [3.05, 3.63) is 78.5 Å². The van der Waals surface area contributed by atoms with Gasteiger partial charge in [0.25, 0.3) is 0 Å². The van der Waals surface area contributed by atoms with Crippen molar-refractivity contribution in [2.24, 2.45) is 0 Å². The first kappa shape index (κ1) is 25.0. The van der Waals surface area contributed by atoms with Crippen LogP contribution < -0.4 is 0 Å². The Morgan fingerprint density at radius 1 is 0.733 bits per heavy atom. The Hall–Kier alpha value is -3.01. The summed E-state index contributed by atoms with van der Waals surface area (Å²) in [6, 6.07) is 2.02. The van der Waals surface area contributed by atoms with Crippen LogP contribution in [0.15, 0.2) is 72.9 Å². The highest BCUT2D eigenvalue weighted by molar-refractivity contribution is 6.08. The van der Waals surface area contributed by atoms with Crippen LogP contribution in [-0.4, -0.2) is 21.1 Å². The molecule has 0 heterocycles. The normalized spacial score (nSPS) is 12.4. The van der Waals surface area contributed by atoms with Crippen LogP contribution in [0.1, 0.15) is 68.6 Å². The summed E-state index contributed by atoms with van der Waals surface area (Å²) in [4.78, 5) is 12.0. The Morgan fingerprint density at radius 2 is 1.23 bits per heavy atom. The molecule has 4 heteroatoms. The molecular weight excluding hydrogens is 376 g/mol. The van der Waals surface area contributed by atoms with Gasteiger partial charge in [0.15, 0.2) is 5.78 Å². The predicted molar refractivity (Wildman–Crippen MR) is 124 cm³/mol. The number of aromatic hydroxyl groups is 3. The second kappa shape index (κ2) is 15.9. The Kier molecular flexibility index (Phi) is 13.2. The molecule has 0 saturated carbocycles. The van der Waals surface area contributed by atoms with Gasteiger partial charge < -0.3 is 15.3 Å². The average Bonchev–Trinajstić information content (AvgIpc) is 2.69. The number of rotatable bonds is 14. The van der Waals surface area contributed by atoms with Gasteiger partial charge in [-0.1, -0.05) is 100 Å². The number of phenolic OH excluding ortho intramolecular Hbond substituents is 3. The van der Waals surface area contributed by atoms with Crippen LogP contribution in [0.25, 0.3) is 0 Å².